The lowest BCUT2D eigenvalue weighted by molar-refractivity contribution is -0.176. The van der Waals surface area contributed by atoms with Crippen molar-refractivity contribution in [3.05, 3.63) is 41.5 Å². The molecule has 0 spiro atoms. The van der Waals surface area contributed by atoms with Crippen molar-refractivity contribution in [3.8, 4) is 0 Å². The lowest BCUT2D eigenvalue weighted by atomic mass is 10.00. The van der Waals surface area contributed by atoms with Gasteiger partial charge in [0.2, 0.25) is 5.78 Å². The Morgan fingerprint density at radius 2 is 1.84 bits per heavy atom. The van der Waals surface area contributed by atoms with Gasteiger partial charge < -0.3 is 0 Å². The van der Waals surface area contributed by atoms with E-state index in [-0.39, 0.29) is 18.4 Å². The first-order chi connectivity index (χ1) is 8.89. The molecule has 1 aromatic rings. The highest BCUT2D eigenvalue weighted by molar-refractivity contribution is 6.15. The van der Waals surface area contributed by atoms with Gasteiger partial charge in [-0.3, -0.25) is 9.59 Å². The van der Waals surface area contributed by atoms with E-state index < -0.39 is 23.7 Å². The van der Waals surface area contributed by atoms with E-state index in [1.165, 1.54) is 0 Å². The molecule has 2 nitrogen and oxygen atoms in total. The van der Waals surface area contributed by atoms with Gasteiger partial charge in [0.05, 0.1) is 5.92 Å². The fraction of sp³-hybridized carbons (Fsp3) is 0.286. The highest BCUT2D eigenvalue weighted by Crippen LogP contribution is 2.33. The molecule has 0 aromatic heterocycles. The summed E-state index contributed by atoms with van der Waals surface area (Å²) in [6.07, 6.45) is -3.25. The fourth-order valence-electron chi connectivity index (χ4n) is 2.12. The Labute approximate surface area is 107 Å². The van der Waals surface area contributed by atoms with E-state index in [4.69, 9.17) is 0 Å². The Balaban J connectivity index is 2.19. The molecule has 1 fully saturated rings. The quantitative estimate of drug-likeness (QED) is 0.609. The second-order valence-electron chi connectivity index (χ2n) is 4.40. The zero-order valence-corrected chi connectivity index (χ0v) is 9.91. The number of halogens is 3. The SMILES string of the molecule is O=C1/C(=C/c2ccccc2)CCC1C(=O)C(F)(F)F. The van der Waals surface area contributed by atoms with Gasteiger partial charge in [-0.15, -0.1) is 0 Å². The molecular weight excluding hydrogens is 257 g/mol. The van der Waals surface area contributed by atoms with E-state index in [0.29, 0.717) is 0 Å². The summed E-state index contributed by atoms with van der Waals surface area (Å²) in [5.41, 5.74) is 1.03. The van der Waals surface area contributed by atoms with Gasteiger partial charge in [0.1, 0.15) is 0 Å². The van der Waals surface area contributed by atoms with Gasteiger partial charge in [0, 0.05) is 0 Å². The smallest absolute Gasteiger partial charge is 0.294 e. The van der Waals surface area contributed by atoms with Crippen molar-refractivity contribution in [2.45, 2.75) is 19.0 Å². The van der Waals surface area contributed by atoms with Crippen molar-refractivity contribution in [3.63, 3.8) is 0 Å². The average Bonchev–Trinajstić information content (AvgIpc) is 2.70. The maximum absolute atomic E-state index is 12.3. The zero-order chi connectivity index (χ0) is 14.0. The summed E-state index contributed by atoms with van der Waals surface area (Å²) in [5.74, 6) is -4.20. The third kappa shape index (κ3) is 2.92. The van der Waals surface area contributed by atoms with Gasteiger partial charge in [-0.25, -0.2) is 0 Å². The molecule has 0 radical (unpaired) electrons. The average molecular weight is 268 g/mol. The van der Waals surface area contributed by atoms with Crippen LogP contribution in [0.2, 0.25) is 0 Å². The minimum Gasteiger partial charge on any atom is -0.294 e. The second-order valence-corrected chi connectivity index (χ2v) is 4.40. The molecule has 2 rings (SSSR count). The highest BCUT2D eigenvalue weighted by atomic mass is 19.4. The standard InChI is InChI=1S/C14H11F3O2/c15-14(16,17)13(19)11-7-6-10(12(11)18)8-9-4-2-1-3-5-9/h1-5,8,11H,6-7H2/b10-8+. The summed E-state index contributed by atoms with van der Waals surface area (Å²) in [7, 11) is 0. The van der Waals surface area contributed by atoms with Crippen molar-refractivity contribution in [1.82, 2.24) is 0 Å². The molecule has 0 N–H and O–H groups in total. The van der Waals surface area contributed by atoms with Crippen LogP contribution in [-0.2, 0) is 9.59 Å². The highest BCUT2D eigenvalue weighted by Gasteiger charge is 2.48. The van der Waals surface area contributed by atoms with Gasteiger partial charge in [-0.05, 0) is 30.1 Å². The van der Waals surface area contributed by atoms with Crippen LogP contribution in [0.5, 0.6) is 0 Å². The van der Waals surface area contributed by atoms with E-state index in [0.717, 1.165) is 5.56 Å². The Bertz CT molecular complexity index is 529. The third-order valence-corrected chi connectivity index (χ3v) is 3.07. The molecule has 5 heteroatoms. The Morgan fingerprint density at radius 1 is 1.21 bits per heavy atom. The number of Topliss-reactive ketones (excluding diaryl/α,β-unsaturated/α-hetero) is 2. The number of hydrogen-bond donors (Lipinski definition) is 0. The molecule has 1 saturated carbocycles. The van der Waals surface area contributed by atoms with Crippen LogP contribution in [0.3, 0.4) is 0 Å². The first-order valence-corrected chi connectivity index (χ1v) is 5.80. The molecule has 1 aliphatic rings. The second kappa shape index (κ2) is 4.99. The van der Waals surface area contributed by atoms with E-state index in [1.807, 2.05) is 0 Å². The van der Waals surface area contributed by atoms with Gasteiger partial charge in [-0.1, -0.05) is 30.3 Å². The van der Waals surface area contributed by atoms with Gasteiger partial charge in [-0.2, -0.15) is 13.2 Å². The molecule has 100 valence electrons. The lowest BCUT2D eigenvalue weighted by Crippen LogP contribution is -2.32. The molecule has 1 aromatic carbocycles. The van der Waals surface area contributed by atoms with Crippen LogP contribution < -0.4 is 0 Å². The number of rotatable bonds is 2. The summed E-state index contributed by atoms with van der Waals surface area (Å²) >= 11 is 0. The van der Waals surface area contributed by atoms with Crippen molar-refractivity contribution < 1.29 is 22.8 Å². The van der Waals surface area contributed by atoms with Crippen LogP contribution >= 0.6 is 0 Å². The van der Waals surface area contributed by atoms with Crippen molar-refractivity contribution in [1.29, 1.82) is 0 Å². The fourth-order valence-corrected chi connectivity index (χ4v) is 2.12. The van der Waals surface area contributed by atoms with E-state index in [9.17, 15) is 22.8 Å². The molecule has 0 saturated heterocycles. The van der Waals surface area contributed by atoms with Gasteiger partial charge in [0.25, 0.3) is 0 Å². The molecule has 1 unspecified atom stereocenters. The topological polar surface area (TPSA) is 34.1 Å². The number of alkyl halides is 3. The number of hydrogen-bond acceptors (Lipinski definition) is 2. The zero-order valence-electron chi connectivity index (χ0n) is 9.91. The number of ketones is 2. The molecule has 1 aliphatic carbocycles. The normalized spacial score (nSPS) is 21.9. The molecule has 0 heterocycles. The predicted molar refractivity (Wildman–Crippen MR) is 63.2 cm³/mol. The lowest BCUT2D eigenvalue weighted by Gasteiger charge is -2.09. The maximum atomic E-state index is 12.3. The number of carbonyl (C=O) groups excluding carboxylic acids is 2. The van der Waals surface area contributed by atoms with Crippen molar-refractivity contribution in [2.24, 2.45) is 5.92 Å². The molecule has 0 amide bonds. The molecule has 0 bridgehead atoms. The first kappa shape index (κ1) is 13.5. The summed E-state index contributed by atoms with van der Waals surface area (Å²) in [5, 5.41) is 0. The van der Waals surface area contributed by atoms with Crippen LogP contribution in [0.4, 0.5) is 13.2 Å². The Kier molecular flexibility index (Phi) is 3.55. The Morgan fingerprint density at radius 3 is 2.42 bits per heavy atom. The minimum absolute atomic E-state index is 0.0597. The van der Waals surface area contributed by atoms with Gasteiger partial charge >= 0.3 is 6.18 Å². The van der Waals surface area contributed by atoms with Crippen LogP contribution in [0.15, 0.2) is 35.9 Å². The maximum Gasteiger partial charge on any atom is 0.450 e. The van der Waals surface area contributed by atoms with E-state index in [1.54, 1.807) is 36.4 Å². The van der Waals surface area contributed by atoms with Crippen LogP contribution in [0.1, 0.15) is 18.4 Å². The number of carbonyl (C=O) groups is 2. The van der Waals surface area contributed by atoms with Crippen molar-refractivity contribution >= 4 is 17.6 Å². The van der Waals surface area contributed by atoms with Crippen LogP contribution in [-0.4, -0.2) is 17.7 Å². The van der Waals surface area contributed by atoms with Gasteiger partial charge in [0.15, 0.2) is 5.78 Å². The van der Waals surface area contributed by atoms with Crippen LogP contribution in [0, 0.1) is 5.92 Å². The summed E-state index contributed by atoms with van der Waals surface area (Å²) < 4.78 is 36.9. The monoisotopic (exact) mass is 268 g/mol. The molecule has 1 atom stereocenters. The van der Waals surface area contributed by atoms with Crippen molar-refractivity contribution in [2.75, 3.05) is 0 Å². The Hall–Kier alpha value is -1.91. The molecular formula is C14H11F3O2. The first-order valence-electron chi connectivity index (χ1n) is 5.80. The molecule has 19 heavy (non-hydrogen) atoms. The summed E-state index contributed by atoms with van der Waals surface area (Å²) in [6.45, 7) is 0. The number of allylic oxidation sites excluding steroid dienone is 1. The van der Waals surface area contributed by atoms with Crippen LogP contribution in [0.25, 0.3) is 6.08 Å². The summed E-state index contributed by atoms with van der Waals surface area (Å²) in [6, 6.07) is 8.83. The van der Waals surface area contributed by atoms with E-state index in [2.05, 4.69) is 0 Å². The predicted octanol–water partition coefficient (Wildman–Crippen LogP) is 3.18. The van der Waals surface area contributed by atoms with E-state index >= 15 is 0 Å². The largest absolute Gasteiger partial charge is 0.450 e. The minimum atomic E-state index is -4.94. The molecule has 0 aliphatic heterocycles. The third-order valence-electron chi connectivity index (χ3n) is 3.07. The number of benzene rings is 1. The summed E-state index contributed by atoms with van der Waals surface area (Å²) in [4.78, 5) is 22.9.